The van der Waals surface area contributed by atoms with E-state index in [1.165, 1.54) is 11.3 Å². The number of amides is 2. The first-order valence-electron chi connectivity index (χ1n) is 9.32. The first kappa shape index (κ1) is 19.6. The minimum absolute atomic E-state index is 0.380. The van der Waals surface area contributed by atoms with Gasteiger partial charge >= 0.3 is 0 Å². The van der Waals surface area contributed by atoms with Gasteiger partial charge in [0.05, 0.1) is 11.3 Å². The van der Waals surface area contributed by atoms with Gasteiger partial charge in [0.1, 0.15) is 21.4 Å². The minimum atomic E-state index is -0.438. The van der Waals surface area contributed by atoms with E-state index in [1.54, 1.807) is 19.9 Å². The zero-order valence-electron chi connectivity index (χ0n) is 16.4. The molecule has 0 aliphatic heterocycles. The van der Waals surface area contributed by atoms with Crippen LogP contribution in [-0.4, -0.2) is 16.8 Å². The molecule has 4 aromatic rings. The van der Waals surface area contributed by atoms with Crippen molar-refractivity contribution in [3.8, 4) is 21.8 Å². The Morgan fingerprint density at radius 1 is 0.867 bits per heavy atom. The highest BCUT2D eigenvalue weighted by atomic mass is 32.1. The van der Waals surface area contributed by atoms with Crippen LogP contribution in [0.15, 0.2) is 71.1 Å². The molecule has 2 amide bonds. The van der Waals surface area contributed by atoms with Gasteiger partial charge in [0.2, 0.25) is 0 Å². The van der Waals surface area contributed by atoms with Gasteiger partial charge in [-0.15, -0.1) is 11.3 Å². The Hall–Kier alpha value is -3.71. The number of nitrogens with one attached hydrogen (secondary N) is 2. The maximum absolute atomic E-state index is 12.9. The fourth-order valence-corrected chi connectivity index (χ4v) is 4.05. The van der Waals surface area contributed by atoms with Crippen molar-refractivity contribution in [2.24, 2.45) is 0 Å². The number of carbonyl (C=O) groups is 2. The van der Waals surface area contributed by atoms with E-state index >= 15 is 0 Å². The van der Waals surface area contributed by atoms with Crippen LogP contribution < -0.4 is 10.9 Å². The molecule has 2 N–H and O–H groups in total. The van der Waals surface area contributed by atoms with Crippen LogP contribution in [0.3, 0.4) is 0 Å². The largest absolute Gasteiger partial charge is 0.466 e. The Balaban J connectivity index is 1.62. The standard InChI is InChI=1S/C23H19N3O3S/c1-14-13-18(15(2)29-14)21(27)25-26-22(28)20-19(16-9-5-3-6-10-16)24-23(30-20)17-11-7-4-8-12-17/h3-13H,1-2H3,(H,25,27)(H,26,28). The minimum Gasteiger partial charge on any atom is -0.466 e. The first-order chi connectivity index (χ1) is 14.5. The number of thiazole rings is 1. The molecule has 6 nitrogen and oxygen atoms in total. The predicted molar refractivity (Wildman–Crippen MR) is 116 cm³/mol. The zero-order valence-corrected chi connectivity index (χ0v) is 17.2. The van der Waals surface area contributed by atoms with Crippen molar-refractivity contribution in [2.75, 3.05) is 0 Å². The highest BCUT2D eigenvalue weighted by molar-refractivity contribution is 7.17. The van der Waals surface area contributed by atoms with E-state index in [9.17, 15) is 9.59 Å². The normalized spacial score (nSPS) is 10.6. The average molecular weight is 417 g/mol. The molecule has 0 aliphatic carbocycles. The fraction of sp³-hybridized carbons (Fsp3) is 0.0870. The Morgan fingerprint density at radius 2 is 1.47 bits per heavy atom. The lowest BCUT2D eigenvalue weighted by Crippen LogP contribution is -2.41. The lowest BCUT2D eigenvalue weighted by molar-refractivity contribution is 0.0848. The van der Waals surface area contributed by atoms with Gasteiger partial charge in [-0.05, 0) is 19.9 Å². The topological polar surface area (TPSA) is 84.2 Å². The van der Waals surface area contributed by atoms with Crippen LogP contribution in [-0.2, 0) is 0 Å². The maximum Gasteiger partial charge on any atom is 0.282 e. The summed E-state index contributed by atoms with van der Waals surface area (Å²) in [6, 6.07) is 20.8. The van der Waals surface area contributed by atoms with Crippen molar-refractivity contribution in [3.63, 3.8) is 0 Å². The number of hydrazine groups is 1. The number of hydrogen-bond donors (Lipinski definition) is 2. The molecule has 0 radical (unpaired) electrons. The van der Waals surface area contributed by atoms with Crippen LogP contribution in [0.2, 0.25) is 0 Å². The van der Waals surface area contributed by atoms with Gasteiger partial charge in [0, 0.05) is 11.1 Å². The van der Waals surface area contributed by atoms with E-state index in [-0.39, 0.29) is 0 Å². The maximum atomic E-state index is 12.9. The lowest BCUT2D eigenvalue weighted by atomic mass is 10.1. The van der Waals surface area contributed by atoms with Crippen molar-refractivity contribution in [1.82, 2.24) is 15.8 Å². The highest BCUT2D eigenvalue weighted by Crippen LogP contribution is 2.33. The summed E-state index contributed by atoms with van der Waals surface area (Å²) in [5, 5.41) is 0.729. The van der Waals surface area contributed by atoms with Gasteiger partial charge in [-0.2, -0.15) is 0 Å². The number of benzene rings is 2. The quantitative estimate of drug-likeness (QED) is 0.469. The molecular formula is C23H19N3O3S. The van der Waals surface area contributed by atoms with Gasteiger partial charge in [0.15, 0.2) is 0 Å². The number of carbonyl (C=O) groups excluding carboxylic acids is 2. The molecule has 0 aliphatic rings. The number of rotatable bonds is 4. The lowest BCUT2D eigenvalue weighted by Gasteiger charge is -2.07. The van der Waals surface area contributed by atoms with Crippen LogP contribution >= 0.6 is 11.3 Å². The van der Waals surface area contributed by atoms with E-state index in [0.29, 0.717) is 27.7 Å². The summed E-state index contributed by atoms with van der Waals surface area (Å²) >= 11 is 1.28. The molecule has 150 valence electrons. The molecule has 2 aromatic heterocycles. The molecule has 0 atom stereocenters. The van der Waals surface area contributed by atoms with Crippen molar-refractivity contribution in [1.29, 1.82) is 0 Å². The smallest absolute Gasteiger partial charge is 0.282 e. The summed E-state index contributed by atoms with van der Waals surface area (Å²) < 4.78 is 5.37. The third-order valence-corrected chi connectivity index (χ3v) is 5.58. The monoisotopic (exact) mass is 417 g/mol. The molecule has 2 aromatic carbocycles. The van der Waals surface area contributed by atoms with E-state index in [0.717, 1.165) is 16.1 Å². The summed E-state index contributed by atoms with van der Waals surface area (Å²) in [6.07, 6.45) is 0. The van der Waals surface area contributed by atoms with Crippen LogP contribution in [0.4, 0.5) is 0 Å². The van der Waals surface area contributed by atoms with Gasteiger partial charge in [-0.1, -0.05) is 60.7 Å². The van der Waals surface area contributed by atoms with Crippen molar-refractivity contribution in [3.05, 3.63) is 88.7 Å². The van der Waals surface area contributed by atoms with Crippen molar-refractivity contribution < 1.29 is 14.0 Å². The summed E-state index contributed by atoms with van der Waals surface area (Å²) in [4.78, 5) is 30.5. The molecule has 0 fully saturated rings. The van der Waals surface area contributed by atoms with E-state index in [1.807, 2.05) is 60.7 Å². The molecule has 30 heavy (non-hydrogen) atoms. The fourth-order valence-electron chi connectivity index (χ4n) is 3.06. The molecule has 0 spiro atoms. The summed E-state index contributed by atoms with van der Waals surface area (Å²) in [7, 11) is 0. The van der Waals surface area contributed by atoms with Gasteiger partial charge in [0.25, 0.3) is 11.8 Å². The van der Waals surface area contributed by atoms with Crippen LogP contribution in [0.25, 0.3) is 21.8 Å². The first-order valence-corrected chi connectivity index (χ1v) is 10.1. The Morgan fingerprint density at radius 3 is 2.07 bits per heavy atom. The van der Waals surface area contributed by atoms with Crippen molar-refractivity contribution in [2.45, 2.75) is 13.8 Å². The number of aromatic nitrogens is 1. The predicted octanol–water partition coefficient (Wildman–Crippen LogP) is 4.76. The zero-order chi connectivity index (χ0) is 21.1. The van der Waals surface area contributed by atoms with Gasteiger partial charge < -0.3 is 4.42 Å². The van der Waals surface area contributed by atoms with Gasteiger partial charge in [-0.25, -0.2) is 4.98 Å². The molecule has 0 bridgehead atoms. The third kappa shape index (κ3) is 4.01. The number of aryl methyl sites for hydroxylation is 2. The SMILES string of the molecule is Cc1cc(C(=O)NNC(=O)c2sc(-c3ccccc3)nc2-c2ccccc2)c(C)o1. The van der Waals surface area contributed by atoms with Crippen LogP contribution in [0.1, 0.15) is 31.6 Å². The Labute approximate surface area is 177 Å². The molecule has 7 heteroatoms. The highest BCUT2D eigenvalue weighted by Gasteiger charge is 2.21. The summed E-state index contributed by atoms with van der Waals surface area (Å²) in [5.41, 5.74) is 7.66. The van der Waals surface area contributed by atoms with E-state index in [4.69, 9.17) is 9.40 Å². The Bertz CT molecular complexity index is 1200. The molecule has 0 saturated heterocycles. The van der Waals surface area contributed by atoms with Crippen LogP contribution in [0, 0.1) is 13.8 Å². The summed E-state index contributed by atoms with van der Waals surface area (Å²) in [5.74, 6) is 0.255. The van der Waals surface area contributed by atoms with Crippen molar-refractivity contribution >= 4 is 23.2 Å². The van der Waals surface area contributed by atoms with E-state index < -0.39 is 11.8 Å². The summed E-state index contributed by atoms with van der Waals surface area (Å²) in [6.45, 7) is 3.46. The number of hydrogen-bond acceptors (Lipinski definition) is 5. The van der Waals surface area contributed by atoms with Gasteiger partial charge in [-0.3, -0.25) is 20.4 Å². The molecular weight excluding hydrogens is 398 g/mol. The average Bonchev–Trinajstić information content (AvgIpc) is 3.36. The third-order valence-electron chi connectivity index (χ3n) is 4.48. The second-order valence-corrected chi connectivity index (χ2v) is 7.66. The molecule has 2 heterocycles. The van der Waals surface area contributed by atoms with E-state index in [2.05, 4.69) is 10.9 Å². The molecule has 0 unspecified atom stereocenters. The Kier molecular flexibility index (Phi) is 5.45. The number of furan rings is 1. The van der Waals surface area contributed by atoms with Crippen LogP contribution in [0.5, 0.6) is 0 Å². The second-order valence-electron chi connectivity index (χ2n) is 6.66. The molecule has 0 saturated carbocycles. The number of nitrogens with zero attached hydrogens (tertiary/aromatic N) is 1. The second kappa shape index (κ2) is 8.34. The molecule has 4 rings (SSSR count).